The van der Waals surface area contributed by atoms with Crippen molar-refractivity contribution in [3.8, 4) is 5.75 Å². The maximum Gasteiger partial charge on any atom is 0.573 e. The maximum atomic E-state index is 12.3. The van der Waals surface area contributed by atoms with Gasteiger partial charge in [-0.15, -0.1) is 13.2 Å². The lowest BCUT2D eigenvalue weighted by atomic mass is 10.2. The van der Waals surface area contributed by atoms with E-state index in [9.17, 15) is 22.8 Å². The van der Waals surface area contributed by atoms with Gasteiger partial charge in [-0.05, 0) is 25.5 Å². The summed E-state index contributed by atoms with van der Waals surface area (Å²) in [6.45, 7) is 6.12. The number of amides is 3. The van der Waals surface area contributed by atoms with Crippen molar-refractivity contribution in [2.45, 2.75) is 32.7 Å². The Balaban J connectivity index is 1.81. The highest BCUT2D eigenvalue weighted by Gasteiger charge is 2.31. The first kappa shape index (κ1) is 21.8. The molecule has 1 aliphatic rings. The van der Waals surface area contributed by atoms with E-state index in [1.165, 1.54) is 12.1 Å². The standard InChI is InChI=1S/C18H25F3N4O3/c1-3-13(2)22-16(26)12-24-7-9-25(10-8-24)17(27)23-14-5-4-6-15(11-14)28-18(19,20)21/h4-6,11,13H,3,7-10,12H2,1-2H3,(H,22,26)(H,23,27). The summed E-state index contributed by atoms with van der Waals surface area (Å²) in [6, 6.07) is 4.83. The minimum absolute atomic E-state index is 0.0475. The maximum absolute atomic E-state index is 12.3. The second kappa shape index (κ2) is 9.63. The van der Waals surface area contributed by atoms with Gasteiger partial charge in [0.15, 0.2) is 0 Å². The molecule has 0 aliphatic carbocycles. The van der Waals surface area contributed by atoms with Crippen LogP contribution in [0.15, 0.2) is 24.3 Å². The third-order valence-electron chi connectivity index (χ3n) is 4.37. The van der Waals surface area contributed by atoms with E-state index in [0.29, 0.717) is 26.2 Å². The largest absolute Gasteiger partial charge is 0.573 e. The van der Waals surface area contributed by atoms with Gasteiger partial charge in [-0.1, -0.05) is 13.0 Å². The molecule has 156 valence electrons. The van der Waals surface area contributed by atoms with Crippen LogP contribution in [0, 0.1) is 0 Å². The van der Waals surface area contributed by atoms with Gasteiger partial charge in [-0.3, -0.25) is 9.69 Å². The molecular formula is C18H25F3N4O3. The molecule has 2 rings (SSSR count). The molecule has 1 unspecified atom stereocenters. The Labute approximate surface area is 161 Å². The van der Waals surface area contributed by atoms with Crippen molar-refractivity contribution in [2.24, 2.45) is 0 Å². The van der Waals surface area contributed by atoms with E-state index in [2.05, 4.69) is 15.4 Å². The van der Waals surface area contributed by atoms with Gasteiger partial charge in [0.2, 0.25) is 5.91 Å². The van der Waals surface area contributed by atoms with E-state index in [-0.39, 0.29) is 24.2 Å². The summed E-state index contributed by atoms with van der Waals surface area (Å²) in [7, 11) is 0. The van der Waals surface area contributed by atoms with E-state index in [0.717, 1.165) is 18.6 Å². The number of rotatable bonds is 6. The molecule has 1 aromatic rings. The van der Waals surface area contributed by atoms with Gasteiger partial charge in [0.05, 0.1) is 6.54 Å². The van der Waals surface area contributed by atoms with Gasteiger partial charge >= 0.3 is 12.4 Å². The van der Waals surface area contributed by atoms with Crippen LogP contribution in [0.2, 0.25) is 0 Å². The normalized spacial score (nSPS) is 16.4. The van der Waals surface area contributed by atoms with Gasteiger partial charge in [-0.2, -0.15) is 0 Å². The first-order valence-corrected chi connectivity index (χ1v) is 9.09. The van der Waals surface area contributed by atoms with Crippen LogP contribution >= 0.6 is 0 Å². The summed E-state index contributed by atoms with van der Waals surface area (Å²) < 4.78 is 40.7. The van der Waals surface area contributed by atoms with Gasteiger partial charge in [0.1, 0.15) is 5.75 Å². The number of ether oxygens (including phenoxy) is 1. The number of anilines is 1. The number of nitrogens with zero attached hydrogens (tertiary/aromatic N) is 2. The van der Waals surface area contributed by atoms with Gasteiger partial charge < -0.3 is 20.3 Å². The molecule has 10 heteroatoms. The van der Waals surface area contributed by atoms with Crippen molar-refractivity contribution in [1.82, 2.24) is 15.1 Å². The van der Waals surface area contributed by atoms with Gasteiger partial charge in [0, 0.05) is 44.0 Å². The minimum Gasteiger partial charge on any atom is -0.406 e. The van der Waals surface area contributed by atoms with Crippen LogP contribution in [0.3, 0.4) is 0 Å². The summed E-state index contributed by atoms with van der Waals surface area (Å²) in [6.07, 6.45) is -3.94. The van der Waals surface area contributed by atoms with Gasteiger partial charge in [0.25, 0.3) is 0 Å². The van der Waals surface area contributed by atoms with Crippen molar-refractivity contribution in [2.75, 3.05) is 38.0 Å². The molecule has 0 radical (unpaired) electrons. The Bertz CT molecular complexity index is 676. The fourth-order valence-corrected chi connectivity index (χ4v) is 2.71. The highest BCUT2D eigenvalue weighted by Crippen LogP contribution is 2.25. The number of alkyl halides is 3. The van der Waals surface area contributed by atoms with Crippen molar-refractivity contribution < 1.29 is 27.5 Å². The lowest BCUT2D eigenvalue weighted by molar-refractivity contribution is -0.274. The Morgan fingerprint density at radius 1 is 1.21 bits per heavy atom. The van der Waals surface area contributed by atoms with Crippen LogP contribution in [0.1, 0.15) is 20.3 Å². The SMILES string of the molecule is CCC(C)NC(=O)CN1CCN(C(=O)Nc2cccc(OC(F)(F)F)c2)CC1. The Kier molecular flexibility index (Phi) is 7.50. The van der Waals surface area contributed by atoms with E-state index in [1.54, 1.807) is 4.90 Å². The highest BCUT2D eigenvalue weighted by molar-refractivity contribution is 5.89. The number of halogens is 3. The molecule has 1 atom stereocenters. The molecule has 0 spiro atoms. The molecule has 28 heavy (non-hydrogen) atoms. The average molecular weight is 402 g/mol. The summed E-state index contributed by atoms with van der Waals surface area (Å²) in [4.78, 5) is 27.8. The lowest BCUT2D eigenvalue weighted by Gasteiger charge is -2.34. The number of carbonyl (C=O) groups excluding carboxylic acids is 2. The van der Waals surface area contributed by atoms with Crippen LogP contribution in [0.4, 0.5) is 23.7 Å². The predicted octanol–water partition coefficient (Wildman–Crippen LogP) is 2.65. The zero-order valence-corrected chi connectivity index (χ0v) is 15.9. The summed E-state index contributed by atoms with van der Waals surface area (Å²) in [5.41, 5.74) is 0.210. The number of piperazine rings is 1. The first-order chi connectivity index (χ1) is 13.2. The van der Waals surface area contributed by atoms with Crippen LogP contribution in [0.5, 0.6) is 5.75 Å². The fourth-order valence-electron chi connectivity index (χ4n) is 2.71. The van der Waals surface area contributed by atoms with Crippen LogP contribution in [0.25, 0.3) is 0 Å². The van der Waals surface area contributed by atoms with E-state index in [4.69, 9.17) is 0 Å². The summed E-state index contributed by atoms with van der Waals surface area (Å²) in [5.74, 6) is -0.448. The third kappa shape index (κ3) is 7.26. The molecule has 7 nitrogen and oxygen atoms in total. The molecule has 2 N–H and O–H groups in total. The van der Waals surface area contributed by atoms with Crippen LogP contribution in [-0.4, -0.2) is 66.9 Å². The first-order valence-electron chi connectivity index (χ1n) is 9.09. The second-order valence-corrected chi connectivity index (χ2v) is 6.65. The van der Waals surface area contributed by atoms with Crippen molar-refractivity contribution in [3.05, 3.63) is 24.3 Å². The second-order valence-electron chi connectivity index (χ2n) is 6.65. The number of benzene rings is 1. The number of urea groups is 1. The van der Waals surface area contributed by atoms with Crippen molar-refractivity contribution in [3.63, 3.8) is 0 Å². The molecule has 3 amide bonds. The monoisotopic (exact) mass is 402 g/mol. The molecule has 0 saturated carbocycles. The lowest BCUT2D eigenvalue weighted by Crippen LogP contribution is -2.52. The number of hydrogen-bond donors (Lipinski definition) is 2. The number of hydrogen-bond acceptors (Lipinski definition) is 4. The molecular weight excluding hydrogens is 377 g/mol. The quantitative estimate of drug-likeness (QED) is 0.767. The molecule has 1 aromatic carbocycles. The van der Waals surface area contributed by atoms with E-state index < -0.39 is 18.1 Å². The molecule has 1 saturated heterocycles. The zero-order chi connectivity index (χ0) is 20.7. The van der Waals surface area contributed by atoms with Crippen molar-refractivity contribution in [1.29, 1.82) is 0 Å². The molecule has 0 aromatic heterocycles. The molecule has 1 aliphatic heterocycles. The highest BCUT2D eigenvalue weighted by atomic mass is 19.4. The summed E-state index contributed by atoms with van der Waals surface area (Å²) >= 11 is 0. The van der Waals surface area contributed by atoms with Crippen LogP contribution < -0.4 is 15.4 Å². The van der Waals surface area contributed by atoms with Gasteiger partial charge in [-0.25, -0.2) is 4.79 Å². The Morgan fingerprint density at radius 2 is 1.89 bits per heavy atom. The Morgan fingerprint density at radius 3 is 2.50 bits per heavy atom. The van der Waals surface area contributed by atoms with E-state index in [1.807, 2.05) is 18.7 Å². The third-order valence-corrected chi connectivity index (χ3v) is 4.37. The molecule has 1 fully saturated rings. The molecule has 0 bridgehead atoms. The predicted molar refractivity (Wildman–Crippen MR) is 98.1 cm³/mol. The topological polar surface area (TPSA) is 73.9 Å². The zero-order valence-electron chi connectivity index (χ0n) is 15.9. The number of carbonyl (C=O) groups is 2. The average Bonchev–Trinajstić information content (AvgIpc) is 2.60. The van der Waals surface area contributed by atoms with E-state index >= 15 is 0 Å². The molecule has 1 heterocycles. The summed E-state index contributed by atoms with van der Waals surface area (Å²) in [5, 5.41) is 5.47. The van der Waals surface area contributed by atoms with Crippen LogP contribution in [-0.2, 0) is 4.79 Å². The smallest absolute Gasteiger partial charge is 0.406 e. The Hall–Kier alpha value is -2.49. The number of nitrogens with one attached hydrogen (secondary N) is 2. The van der Waals surface area contributed by atoms with Crippen molar-refractivity contribution >= 4 is 17.6 Å². The minimum atomic E-state index is -4.79. The fraction of sp³-hybridized carbons (Fsp3) is 0.556.